The monoisotopic (exact) mass is 124 g/mol. The van der Waals surface area contributed by atoms with Crippen molar-refractivity contribution in [3.8, 4) is 0 Å². The van der Waals surface area contributed by atoms with Crippen LogP contribution in [0.3, 0.4) is 0 Å². The molecule has 0 saturated heterocycles. The summed E-state index contributed by atoms with van der Waals surface area (Å²) in [5.41, 5.74) is 0.914. The molecule has 0 aromatic rings. The van der Waals surface area contributed by atoms with E-state index in [4.69, 9.17) is 4.74 Å². The van der Waals surface area contributed by atoms with Gasteiger partial charge in [-0.1, -0.05) is 13.2 Å². The molecule has 0 unspecified atom stereocenters. The molecule has 0 saturated carbocycles. The molecular weight excluding hydrogens is 112 g/mol. The van der Waals surface area contributed by atoms with Gasteiger partial charge in [0.05, 0.1) is 6.26 Å². The highest BCUT2D eigenvalue weighted by molar-refractivity contribution is 5.19. The molecule has 0 aliphatic carbocycles. The molecule has 9 heavy (non-hydrogen) atoms. The lowest BCUT2D eigenvalue weighted by molar-refractivity contribution is 0.362. The van der Waals surface area contributed by atoms with E-state index in [0.717, 1.165) is 11.3 Å². The van der Waals surface area contributed by atoms with Crippen molar-refractivity contribution >= 4 is 0 Å². The summed E-state index contributed by atoms with van der Waals surface area (Å²) < 4.78 is 4.98. The van der Waals surface area contributed by atoms with E-state index in [-0.39, 0.29) is 0 Å². The summed E-state index contributed by atoms with van der Waals surface area (Å²) in [7, 11) is 0. The maximum Gasteiger partial charge on any atom is 0.124 e. The molecule has 0 heterocycles. The fourth-order valence-corrected chi connectivity index (χ4v) is 0.505. The Kier molecular flexibility index (Phi) is 3.52. The van der Waals surface area contributed by atoms with E-state index in [0.29, 0.717) is 0 Å². The van der Waals surface area contributed by atoms with Gasteiger partial charge in [-0.25, -0.2) is 0 Å². The molecule has 0 aliphatic heterocycles. The Labute approximate surface area is 56.3 Å². The van der Waals surface area contributed by atoms with Crippen LogP contribution in [-0.2, 0) is 4.74 Å². The zero-order chi connectivity index (χ0) is 7.28. The van der Waals surface area contributed by atoms with Crippen LogP contribution in [0.15, 0.2) is 36.8 Å². The predicted molar refractivity (Wildman–Crippen MR) is 39.9 cm³/mol. The Morgan fingerprint density at radius 1 is 1.56 bits per heavy atom. The number of allylic oxidation sites excluding steroid dienone is 2. The van der Waals surface area contributed by atoms with Crippen LogP contribution in [-0.4, -0.2) is 0 Å². The summed E-state index contributed by atoms with van der Waals surface area (Å²) in [6, 6.07) is 0. The van der Waals surface area contributed by atoms with Gasteiger partial charge in [0.25, 0.3) is 0 Å². The average Bonchev–Trinajstić information content (AvgIpc) is 1.82. The van der Waals surface area contributed by atoms with Gasteiger partial charge in [0.15, 0.2) is 0 Å². The summed E-state index contributed by atoms with van der Waals surface area (Å²) >= 11 is 0. The Balaban J connectivity index is 4.00. The van der Waals surface area contributed by atoms with Gasteiger partial charge in [0.1, 0.15) is 5.76 Å². The highest BCUT2D eigenvalue weighted by Gasteiger charge is 1.91. The summed E-state index contributed by atoms with van der Waals surface area (Å²) in [6.07, 6.45) is 3.24. The first kappa shape index (κ1) is 8.02. The summed E-state index contributed by atoms with van der Waals surface area (Å²) in [5.74, 6) is 0.782. The van der Waals surface area contributed by atoms with Crippen LogP contribution in [0.1, 0.15) is 13.8 Å². The van der Waals surface area contributed by atoms with Crippen molar-refractivity contribution in [3.05, 3.63) is 36.8 Å². The average molecular weight is 124 g/mol. The van der Waals surface area contributed by atoms with Gasteiger partial charge in [0.2, 0.25) is 0 Å². The maximum absolute atomic E-state index is 4.98. The Morgan fingerprint density at radius 3 is 2.22 bits per heavy atom. The van der Waals surface area contributed by atoms with Crippen molar-refractivity contribution in [3.63, 3.8) is 0 Å². The molecular formula is C8H12O. The molecule has 0 N–H and O–H groups in total. The number of rotatable bonds is 3. The third-order valence-corrected chi connectivity index (χ3v) is 0.893. The van der Waals surface area contributed by atoms with Crippen LogP contribution < -0.4 is 0 Å². The van der Waals surface area contributed by atoms with Crippen LogP contribution >= 0.6 is 0 Å². The van der Waals surface area contributed by atoms with Crippen molar-refractivity contribution in [2.45, 2.75) is 13.8 Å². The van der Waals surface area contributed by atoms with E-state index in [1.165, 1.54) is 6.26 Å². The topological polar surface area (TPSA) is 9.23 Å². The molecule has 50 valence electrons. The third kappa shape index (κ3) is 2.75. The molecule has 0 atom stereocenters. The van der Waals surface area contributed by atoms with Gasteiger partial charge in [0, 0.05) is 0 Å². The molecule has 0 aromatic carbocycles. The number of ether oxygens (including phenoxy) is 1. The molecule has 0 bridgehead atoms. The lowest BCUT2D eigenvalue weighted by atomic mass is 10.3. The van der Waals surface area contributed by atoms with Crippen LogP contribution in [0.2, 0.25) is 0 Å². The van der Waals surface area contributed by atoms with E-state index in [1.54, 1.807) is 0 Å². The zero-order valence-corrected chi connectivity index (χ0v) is 5.98. The summed E-state index contributed by atoms with van der Waals surface area (Å²) in [5, 5.41) is 0. The second kappa shape index (κ2) is 3.96. The highest BCUT2D eigenvalue weighted by atomic mass is 16.5. The van der Waals surface area contributed by atoms with E-state index in [2.05, 4.69) is 13.2 Å². The quantitative estimate of drug-likeness (QED) is 0.415. The number of hydrogen-bond donors (Lipinski definition) is 0. The molecule has 0 amide bonds. The Hall–Kier alpha value is -0.980. The Bertz CT molecular complexity index is 143. The molecule has 1 heteroatoms. The Morgan fingerprint density at radius 2 is 2.11 bits per heavy atom. The standard InChI is InChI=1S/C8H12O/c1-5-8(7(3)4)9-6-2/h5-6H,2-3H2,1,4H3/b8-5-. The first-order valence-electron chi connectivity index (χ1n) is 2.82. The van der Waals surface area contributed by atoms with Gasteiger partial charge in [-0.15, -0.1) is 0 Å². The minimum absolute atomic E-state index is 0.782. The van der Waals surface area contributed by atoms with Crippen LogP contribution in [0.5, 0.6) is 0 Å². The normalized spacial score (nSPS) is 10.7. The SMILES string of the molecule is C=CO/C(=C\C)C(=C)C. The first-order chi connectivity index (χ1) is 4.22. The third-order valence-electron chi connectivity index (χ3n) is 0.893. The summed E-state index contributed by atoms with van der Waals surface area (Å²) in [4.78, 5) is 0. The van der Waals surface area contributed by atoms with Gasteiger partial charge >= 0.3 is 0 Å². The predicted octanol–water partition coefficient (Wildman–Crippen LogP) is 2.63. The van der Waals surface area contributed by atoms with Crippen LogP contribution in [0.4, 0.5) is 0 Å². The van der Waals surface area contributed by atoms with Crippen molar-refractivity contribution < 1.29 is 4.74 Å². The summed E-state index contributed by atoms with van der Waals surface area (Å²) in [6.45, 7) is 10.9. The van der Waals surface area contributed by atoms with Gasteiger partial charge in [-0.2, -0.15) is 0 Å². The minimum atomic E-state index is 0.782. The zero-order valence-electron chi connectivity index (χ0n) is 5.98. The van der Waals surface area contributed by atoms with Gasteiger partial charge in [-0.05, 0) is 25.5 Å². The van der Waals surface area contributed by atoms with Gasteiger partial charge in [-0.3, -0.25) is 0 Å². The van der Waals surface area contributed by atoms with E-state index in [1.807, 2.05) is 19.9 Å². The second-order valence-corrected chi connectivity index (χ2v) is 1.72. The fraction of sp³-hybridized carbons (Fsp3) is 0.250. The van der Waals surface area contributed by atoms with E-state index >= 15 is 0 Å². The lowest BCUT2D eigenvalue weighted by Gasteiger charge is -2.02. The lowest BCUT2D eigenvalue weighted by Crippen LogP contribution is -1.83. The maximum atomic E-state index is 4.98. The molecule has 0 spiro atoms. The van der Waals surface area contributed by atoms with Crippen molar-refractivity contribution in [2.24, 2.45) is 0 Å². The van der Waals surface area contributed by atoms with Crippen molar-refractivity contribution in [2.75, 3.05) is 0 Å². The molecule has 1 nitrogen and oxygen atoms in total. The van der Waals surface area contributed by atoms with Crippen LogP contribution in [0, 0.1) is 0 Å². The highest BCUT2D eigenvalue weighted by Crippen LogP contribution is 2.07. The number of hydrogen-bond acceptors (Lipinski definition) is 1. The molecule has 0 rings (SSSR count). The van der Waals surface area contributed by atoms with Gasteiger partial charge < -0.3 is 4.74 Å². The molecule has 0 fully saturated rings. The fourth-order valence-electron chi connectivity index (χ4n) is 0.505. The van der Waals surface area contributed by atoms with E-state index < -0.39 is 0 Å². The van der Waals surface area contributed by atoms with Crippen molar-refractivity contribution in [1.82, 2.24) is 0 Å². The van der Waals surface area contributed by atoms with E-state index in [9.17, 15) is 0 Å². The first-order valence-corrected chi connectivity index (χ1v) is 2.82. The van der Waals surface area contributed by atoms with Crippen molar-refractivity contribution in [1.29, 1.82) is 0 Å². The second-order valence-electron chi connectivity index (χ2n) is 1.72. The molecule has 0 radical (unpaired) electrons. The molecule has 0 aliphatic rings. The minimum Gasteiger partial charge on any atom is -0.466 e. The molecule has 0 aromatic heterocycles. The van der Waals surface area contributed by atoms with Crippen LogP contribution in [0.25, 0.3) is 0 Å². The largest absolute Gasteiger partial charge is 0.466 e. The smallest absolute Gasteiger partial charge is 0.124 e.